The molecule has 5 rings (SSSR count). The molecule has 3 atom stereocenters. The number of hydrogen-bond acceptors (Lipinski definition) is 6. The fraction of sp³-hybridized carbons (Fsp3) is 0.587. The van der Waals surface area contributed by atoms with Crippen LogP contribution in [0.2, 0.25) is 0 Å². The topological polar surface area (TPSA) is 134 Å². The molecule has 0 fully saturated rings. The maximum absolute atomic E-state index is 14.5. The van der Waals surface area contributed by atoms with Crippen molar-refractivity contribution in [1.82, 2.24) is 9.89 Å². The third kappa shape index (κ3) is 7.64. The van der Waals surface area contributed by atoms with Crippen molar-refractivity contribution in [3.8, 4) is 0 Å². The predicted molar refractivity (Wildman–Crippen MR) is 225 cm³/mol. The maximum atomic E-state index is 14.5. The number of hydrogen-bond donors (Lipinski definition) is 3. The number of ketones is 1. The van der Waals surface area contributed by atoms with Crippen LogP contribution in [0.1, 0.15) is 145 Å². The molecule has 56 heavy (non-hydrogen) atoms. The Morgan fingerprint density at radius 2 is 1.54 bits per heavy atom. The Labute approximate surface area is 333 Å². The van der Waals surface area contributed by atoms with Crippen molar-refractivity contribution in [3.05, 3.63) is 57.3 Å². The molecule has 2 heterocycles. The van der Waals surface area contributed by atoms with Crippen LogP contribution in [0.5, 0.6) is 0 Å². The number of amides is 3. The van der Waals surface area contributed by atoms with Gasteiger partial charge in [0.2, 0.25) is 23.1 Å². The number of benzene rings is 2. The van der Waals surface area contributed by atoms with Crippen LogP contribution in [0.15, 0.2) is 30.0 Å². The van der Waals surface area contributed by atoms with Gasteiger partial charge in [0.05, 0.1) is 16.8 Å². The Balaban J connectivity index is 1.61. The fourth-order valence-corrected chi connectivity index (χ4v) is 9.07. The van der Waals surface area contributed by atoms with Crippen LogP contribution in [-0.4, -0.2) is 54.2 Å². The van der Waals surface area contributed by atoms with E-state index in [1.54, 1.807) is 0 Å². The van der Waals surface area contributed by atoms with Gasteiger partial charge in [-0.25, -0.2) is 4.58 Å². The first-order chi connectivity index (χ1) is 26.2. The smallest absolute Gasteiger partial charge is 0.224 e. The molecule has 3 N–H and O–H groups in total. The van der Waals surface area contributed by atoms with Gasteiger partial charge in [-0.3, -0.25) is 19.2 Å². The second kappa shape index (κ2) is 16.2. The third-order valence-electron chi connectivity index (χ3n) is 13.0. The Morgan fingerprint density at radius 3 is 2.11 bits per heavy atom. The third-order valence-corrected chi connectivity index (χ3v) is 13.0. The lowest BCUT2D eigenvalue weighted by atomic mass is 9.76. The second-order valence-corrected chi connectivity index (χ2v) is 18.0. The van der Waals surface area contributed by atoms with Gasteiger partial charge in [-0.2, -0.15) is 0 Å². The van der Waals surface area contributed by atoms with E-state index in [2.05, 4.69) is 109 Å². The first-order valence-electron chi connectivity index (χ1n) is 20.8. The number of nitrogens with one attached hydrogen (secondary N) is 3. The van der Waals surface area contributed by atoms with Crippen molar-refractivity contribution in [2.24, 2.45) is 5.92 Å². The lowest BCUT2D eigenvalue weighted by molar-refractivity contribution is -0.292. The summed E-state index contributed by atoms with van der Waals surface area (Å²) < 4.78 is 2.31. The van der Waals surface area contributed by atoms with Gasteiger partial charge < -0.3 is 26.0 Å². The van der Waals surface area contributed by atoms with E-state index in [1.165, 1.54) is 6.92 Å². The molecule has 2 aromatic carbocycles. The Hall–Kier alpha value is -4.47. The van der Waals surface area contributed by atoms with Gasteiger partial charge in [0.25, 0.3) is 0 Å². The summed E-state index contributed by atoms with van der Waals surface area (Å²) in [4.78, 5) is 55.7. The number of unbranched alkanes of at least 4 members (excludes halogenated alkanes) is 1. The van der Waals surface area contributed by atoms with E-state index in [4.69, 9.17) is 0 Å². The fourth-order valence-electron chi connectivity index (χ4n) is 9.07. The van der Waals surface area contributed by atoms with Gasteiger partial charge in [0.1, 0.15) is 6.04 Å². The summed E-state index contributed by atoms with van der Waals surface area (Å²) in [6.45, 7) is 27.8. The molecule has 0 aromatic heterocycles. The van der Waals surface area contributed by atoms with Gasteiger partial charge in [0, 0.05) is 83.1 Å². The van der Waals surface area contributed by atoms with Crippen molar-refractivity contribution in [1.29, 1.82) is 0 Å². The Kier molecular flexibility index (Phi) is 12.3. The van der Waals surface area contributed by atoms with Gasteiger partial charge in [0.15, 0.2) is 11.8 Å². The highest BCUT2D eigenvalue weighted by atomic mass is 16.3. The summed E-state index contributed by atoms with van der Waals surface area (Å²) in [5.74, 6) is -1.31. The van der Waals surface area contributed by atoms with Crippen LogP contribution in [0, 0.1) is 5.92 Å². The molecular weight excluding hydrogens is 703 g/mol. The molecule has 0 radical (unpaired) electrons. The van der Waals surface area contributed by atoms with Crippen LogP contribution >= 0.6 is 0 Å². The zero-order valence-corrected chi connectivity index (χ0v) is 36.1. The Morgan fingerprint density at radius 1 is 0.875 bits per heavy atom. The molecule has 0 saturated heterocycles. The standard InChI is InChI=1S/C46H65N5O5/c1-14-16-17-30(15-2)24-47-39(53)18-19-40(54)49-36-23-38-34(46(12,13)28(8)51(38)26(5)6)21-32(36)42-43(55)41(44(42)56)31-20-33-37(22-35(31)48-29(9)52)50(25(3)4)27(7)45(33,10)11/h20-23,25-28,30H,14-19,24H2,1-13H3,(H3,47,48,49,52,53,54,55,56). The van der Waals surface area contributed by atoms with Gasteiger partial charge in [-0.05, 0) is 91.5 Å². The number of rotatable bonds is 14. The molecule has 304 valence electrons. The predicted octanol–water partition coefficient (Wildman–Crippen LogP) is 5.68. The number of allylic oxidation sites excluding steroid dienone is 2. The van der Waals surface area contributed by atoms with Gasteiger partial charge in [-0.15, -0.1) is 0 Å². The van der Waals surface area contributed by atoms with Crippen LogP contribution in [0.25, 0.3) is 11.1 Å². The van der Waals surface area contributed by atoms with E-state index in [1.807, 2.05) is 24.3 Å². The largest absolute Gasteiger partial charge is 0.871 e. The molecule has 0 saturated carbocycles. The van der Waals surface area contributed by atoms with E-state index >= 15 is 0 Å². The Bertz CT molecular complexity index is 2090. The molecular formula is C46H65N5O5. The second-order valence-electron chi connectivity index (χ2n) is 18.0. The summed E-state index contributed by atoms with van der Waals surface area (Å²) >= 11 is 0. The number of nitrogens with zero attached hydrogens (tertiary/aromatic N) is 2. The van der Waals surface area contributed by atoms with Crippen molar-refractivity contribution in [3.63, 3.8) is 0 Å². The summed E-state index contributed by atoms with van der Waals surface area (Å²) in [6.07, 6.45) is 4.24. The van der Waals surface area contributed by atoms with E-state index in [9.17, 15) is 24.3 Å². The van der Waals surface area contributed by atoms with Gasteiger partial charge >= 0.3 is 0 Å². The highest BCUT2D eigenvalue weighted by Gasteiger charge is 2.47. The molecule has 10 nitrogen and oxygen atoms in total. The summed E-state index contributed by atoms with van der Waals surface area (Å²) in [6, 6.07) is 8.19. The number of Topliss-reactive ketones (excluding diaryl/α,β-unsaturated/α-hetero) is 1. The van der Waals surface area contributed by atoms with Crippen molar-refractivity contribution < 1.29 is 24.3 Å². The number of anilines is 3. The van der Waals surface area contributed by atoms with Crippen LogP contribution < -0.4 is 41.1 Å². The normalized spacial score (nSPS) is 20.9. The average molecular weight is 768 g/mol. The van der Waals surface area contributed by atoms with Crippen molar-refractivity contribution in [2.75, 3.05) is 22.1 Å². The minimum Gasteiger partial charge on any atom is -0.871 e. The molecule has 0 spiro atoms. The summed E-state index contributed by atoms with van der Waals surface area (Å²) in [5.41, 5.74) is 3.56. The SMILES string of the molecule is CCCCC(CC)CNC(=O)CCC(=O)Nc1cc2c(c/c1=C1\C(=O)C(c3cc4c(cc3NC(C)=O)N(C(C)C)C(C)C4(C)C)=C1[O-])C(C)(C)C(C)[N+]=2C(C)C. The lowest BCUT2D eigenvalue weighted by Gasteiger charge is -2.34. The molecule has 3 amide bonds. The number of fused-ring (bicyclic) bond motifs is 2. The number of carbonyl (C=O) groups is 4. The first-order valence-corrected chi connectivity index (χ1v) is 20.8. The van der Waals surface area contributed by atoms with Crippen LogP contribution in [0.4, 0.5) is 17.1 Å². The molecule has 10 heteroatoms. The minimum atomic E-state index is -0.431. The zero-order valence-electron chi connectivity index (χ0n) is 36.1. The number of carbonyl (C=O) groups excluding carboxylic acids is 4. The molecule has 3 unspecified atom stereocenters. The van der Waals surface area contributed by atoms with E-state index in [-0.39, 0.29) is 76.7 Å². The molecule has 0 bridgehead atoms. The average Bonchev–Trinajstić information content (AvgIpc) is 3.43. The monoisotopic (exact) mass is 767 g/mol. The van der Waals surface area contributed by atoms with Gasteiger partial charge in [-0.1, -0.05) is 52.7 Å². The van der Waals surface area contributed by atoms with Crippen LogP contribution in [-0.2, 0) is 30.0 Å². The maximum Gasteiger partial charge on any atom is 0.224 e. The summed E-state index contributed by atoms with van der Waals surface area (Å²) in [5, 5.41) is 24.7. The highest BCUT2D eigenvalue weighted by Crippen LogP contribution is 2.50. The molecule has 2 aromatic rings. The minimum absolute atomic E-state index is 0.00527. The van der Waals surface area contributed by atoms with E-state index in [0.717, 1.165) is 47.9 Å². The molecule has 1 aliphatic carbocycles. The lowest BCUT2D eigenvalue weighted by Crippen LogP contribution is -2.42. The molecule has 3 aliphatic rings. The summed E-state index contributed by atoms with van der Waals surface area (Å²) in [7, 11) is 0. The molecule has 2 aliphatic heterocycles. The zero-order chi connectivity index (χ0) is 41.6. The quantitative estimate of drug-likeness (QED) is 0.212. The highest BCUT2D eigenvalue weighted by molar-refractivity contribution is 6.52. The first kappa shape index (κ1) is 42.7. The van der Waals surface area contributed by atoms with E-state index in [0.29, 0.717) is 34.6 Å². The van der Waals surface area contributed by atoms with Crippen LogP contribution in [0.3, 0.4) is 0 Å². The van der Waals surface area contributed by atoms with E-state index < -0.39 is 11.5 Å². The van der Waals surface area contributed by atoms with Crippen molar-refractivity contribution >= 4 is 51.7 Å². The van der Waals surface area contributed by atoms with Crippen molar-refractivity contribution in [2.45, 2.75) is 164 Å².